The molecule has 1 unspecified atom stereocenters. The first-order chi connectivity index (χ1) is 5.94. The number of rotatable bonds is 1. The number of carbonyl (C=O) groups is 1. The number of ether oxygens (including phenoxy) is 1. The summed E-state index contributed by atoms with van der Waals surface area (Å²) >= 11 is 0. The summed E-state index contributed by atoms with van der Waals surface area (Å²) in [5.41, 5.74) is -0.398. The van der Waals surface area contributed by atoms with Crippen LogP contribution in [0.2, 0.25) is 0 Å². The van der Waals surface area contributed by atoms with Crippen molar-refractivity contribution >= 4 is 6.09 Å². The third kappa shape index (κ3) is 2.59. The van der Waals surface area contributed by atoms with Crippen molar-refractivity contribution in [2.75, 3.05) is 13.6 Å². The molecule has 1 saturated heterocycles. The molecule has 0 aromatic carbocycles. The molecule has 1 N–H and O–H groups in total. The van der Waals surface area contributed by atoms with Crippen LogP contribution < -0.4 is 5.32 Å². The van der Waals surface area contributed by atoms with E-state index in [2.05, 4.69) is 5.32 Å². The molecule has 1 aliphatic heterocycles. The lowest BCUT2D eigenvalue weighted by atomic mass is 10.1. The second-order valence-corrected chi connectivity index (χ2v) is 4.27. The van der Waals surface area contributed by atoms with E-state index in [9.17, 15) is 4.79 Å². The lowest BCUT2D eigenvalue weighted by molar-refractivity contribution is -0.0103. The Morgan fingerprint density at radius 1 is 1.54 bits per heavy atom. The zero-order chi connectivity index (χ0) is 10.1. The van der Waals surface area contributed by atoms with Crippen molar-refractivity contribution in [2.45, 2.75) is 39.0 Å². The summed E-state index contributed by atoms with van der Waals surface area (Å²) in [6, 6.07) is 0. The van der Waals surface area contributed by atoms with Crippen molar-refractivity contribution in [3.63, 3.8) is 0 Å². The Morgan fingerprint density at radius 3 is 2.46 bits per heavy atom. The van der Waals surface area contributed by atoms with E-state index in [0.29, 0.717) is 0 Å². The van der Waals surface area contributed by atoms with Gasteiger partial charge in [0.25, 0.3) is 0 Å². The minimum atomic E-state index is -0.398. The maximum absolute atomic E-state index is 11.5. The largest absolute Gasteiger partial charge is 0.444 e. The van der Waals surface area contributed by atoms with E-state index in [1.165, 1.54) is 0 Å². The van der Waals surface area contributed by atoms with Gasteiger partial charge in [-0.15, -0.1) is 0 Å². The van der Waals surface area contributed by atoms with Gasteiger partial charge in [-0.3, -0.25) is 4.90 Å². The van der Waals surface area contributed by atoms with Crippen LogP contribution >= 0.6 is 0 Å². The lowest BCUT2D eigenvalue weighted by Gasteiger charge is -2.40. The molecule has 0 saturated carbocycles. The first-order valence-electron chi connectivity index (χ1n) is 4.61. The lowest BCUT2D eigenvalue weighted by Crippen LogP contribution is -2.58. The predicted octanol–water partition coefficient (Wildman–Crippen LogP) is 1.17. The third-order valence-corrected chi connectivity index (χ3v) is 1.98. The third-order valence-electron chi connectivity index (χ3n) is 1.98. The van der Waals surface area contributed by atoms with E-state index >= 15 is 0 Å². The minimum absolute atomic E-state index is 0.162. The highest BCUT2D eigenvalue weighted by Crippen LogP contribution is 2.18. The average Bonchev–Trinajstić information content (AvgIpc) is 1.80. The number of carbonyl (C=O) groups excluding carboxylic acids is 1. The monoisotopic (exact) mass is 186 g/mol. The number of amides is 1. The Hall–Kier alpha value is -0.770. The minimum Gasteiger partial charge on any atom is -0.444 e. The van der Waals surface area contributed by atoms with Crippen LogP contribution in [0.1, 0.15) is 27.2 Å². The Bertz CT molecular complexity index is 196. The van der Waals surface area contributed by atoms with E-state index in [1.807, 2.05) is 27.8 Å². The molecular formula is C9H18N2O2. The topological polar surface area (TPSA) is 41.6 Å². The van der Waals surface area contributed by atoms with Crippen LogP contribution in [-0.2, 0) is 4.74 Å². The van der Waals surface area contributed by atoms with Gasteiger partial charge in [0.2, 0.25) is 0 Å². The van der Waals surface area contributed by atoms with Gasteiger partial charge in [-0.25, -0.2) is 4.79 Å². The van der Waals surface area contributed by atoms with Crippen molar-refractivity contribution < 1.29 is 9.53 Å². The van der Waals surface area contributed by atoms with Crippen molar-refractivity contribution in [3.8, 4) is 0 Å². The Kier molecular flexibility index (Phi) is 2.81. The fourth-order valence-corrected chi connectivity index (χ4v) is 1.23. The van der Waals surface area contributed by atoms with Crippen LogP contribution in [0.4, 0.5) is 4.79 Å². The van der Waals surface area contributed by atoms with E-state index in [0.717, 1.165) is 13.0 Å². The molecule has 1 atom stereocenters. The maximum atomic E-state index is 11.5. The van der Waals surface area contributed by atoms with E-state index < -0.39 is 5.60 Å². The molecule has 0 radical (unpaired) electrons. The molecule has 1 heterocycles. The van der Waals surface area contributed by atoms with E-state index in [-0.39, 0.29) is 12.3 Å². The summed E-state index contributed by atoms with van der Waals surface area (Å²) in [5.74, 6) is 0. The molecular weight excluding hydrogens is 168 g/mol. The quantitative estimate of drug-likeness (QED) is 0.668. The molecule has 1 rings (SSSR count). The van der Waals surface area contributed by atoms with Crippen molar-refractivity contribution in [1.29, 1.82) is 0 Å². The molecule has 4 nitrogen and oxygen atoms in total. The standard InChI is InChI=1S/C9H18N2O2/c1-9(2,3)13-8(12)11-6-5-7(11)10-4/h7,10H,5-6H2,1-4H3. The summed E-state index contributed by atoms with van der Waals surface area (Å²) in [7, 11) is 1.85. The van der Waals surface area contributed by atoms with Crippen LogP contribution in [0.15, 0.2) is 0 Å². The van der Waals surface area contributed by atoms with E-state index in [4.69, 9.17) is 4.74 Å². The predicted molar refractivity (Wildman–Crippen MR) is 50.4 cm³/mol. The van der Waals surface area contributed by atoms with Gasteiger partial charge in [-0.1, -0.05) is 0 Å². The van der Waals surface area contributed by atoms with Gasteiger partial charge in [0.05, 0.1) is 6.17 Å². The molecule has 1 aliphatic rings. The first kappa shape index (κ1) is 10.3. The summed E-state index contributed by atoms with van der Waals surface area (Å²) in [5, 5.41) is 3.04. The smallest absolute Gasteiger partial charge is 0.411 e. The van der Waals surface area contributed by atoms with Crippen molar-refractivity contribution in [1.82, 2.24) is 10.2 Å². The summed E-state index contributed by atoms with van der Waals surface area (Å²) in [4.78, 5) is 13.2. The van der Waals surface area contributed by atoms with Gasteiger partial charge in [0.1, 0.15) is 5.60 Å². The van der Waals surface area contributed by atoms with E-state index in [1.54, 1.807) is 4.90 Å². The maximum Gasteiger partial charge on any atom is 0.411 e. The summed E-state index contributed by atoms with van der Waals surface area (Å²) in [6.07, 6.45) is 0.948. The van der Waals surface area contributed by atoms with Crippen LogP contribution in [-0.4, -0.2) is 36.4 Å². The molecule has 1 amide bonds. The molecule has 0 spiro atoms. The van der Waals surface area contributed by atoms with Crippen LogP contribution in [0.3, 0.4) is 0 Å². The average molecular weight is 186 g/mol. The number of nitrogens with one attached hydrogen (secondary N) is 1. The molecule has 0 aliphatic carbocycles. The Labute approximate surface area is 79.2 Å². The zero-order valence-electron chi connectivity index (χ0n) is 8.76. The van der Waals surface area contributed by atoms with Gasteiger partial charge >= 0.3 is 6.09 Å². The fourth-order valence-electron chi connectivity index (χ4n) is 1.23. The van der Waals surface area contributed by atoms with Crippen molar-refractivity contribution in [3.05, 3.63) is 0 Å². The van der Waals surface area contributed by atoms with Gasteiger partial charge < -0.3 is 10.1 Å². The van der Waals surface area contributed by atoms with Crippen LogP contribution in [0, 0.1) is 0 Å². The molecule has 0 aromatic heterocycles. The molecule has 4 heteroatoms. The SMILES string of the molecule is CNC1CCN1C(=O)OC(C)(C)C. The van der Waals surface area contributed by atoms with Crippen molar-refractivity contribution in [2.24, 2.45) is 0 Å². The highest BCUT2D eigenvalue weighted by atomic mass is 16.6. The van der Waals surface area contributed by atoms with Gasteiger partial charge in [-0.05, 0) is 34.2 Å². The second-order valence-electron chi connectivity index (χ2n) is 4.27. The van der Waals surface area contributed by atoms with Crippen LogP contribution in [0.5, 0.6) is 0 Å². The Morgan fingerprint density at radius 2 is 2.15 bits per heavy atom. The number of hydrogen-bond donors (Lipinski definition) is 1. The number of likely N-dealkylation sites (tertiary alicyclic amines) is 1. The Balaban J connectivity index is 2.40. The van der Waals surface area contributed by atoms with Crippen LogP contribution in [0.25, 0.3) is 0 Å². The molecule has 13 heavy (non-hydrogen) atoms. The van der Waals surface area contributed by atoms with Gasteiger partial charge in [0, 0.05) is 6.54 Å². The zero-order valence-corrected chi connectivity index (χ0v) is 8.76. The fraction of sp³-hybridized carbons (Fsp3) is 0.889. The molecule has 0 bridgehead atoms. The van der Waals surface area contributed by atoms with Gasteiger partial charge in [-0.2, -0.15) is 0 Å². The normalized spacial score (nSPS) is 22.5. The molecule has 1 fully saturated rings. The first-order valence-corrected chi connectivity index (χ1v) is 4.61. The number of hydrogen-bond acceptors (Lipinski definition) is 3. The second kappa shape index (κ2) is 3.54. The molecule has 76 valence electrons. The summed E-state index contributed by atoms with van der Waals surface area (Å²) in [6.45, 7) is 6.41. The highest BCUT2D eigenvalue weighted by Gasteiger charge is 2.33. The number of nitrogens with zero attached hydrogens (tertiary/aromatic N) is 1. The molecule has 0 aromatic rings. The van der Waals surface area contributed by atoms with Gasteiger partial charge in [0.15, 0.2) is 0 Å². The summed E-state index contributed by atoms with van der Waals surface area (Å²) < 4.78 is 5.22. The highest BCUT2D eigenvalue weighted by molar-refractivity contribution is 5.69.